The second-order valence-corrected chi connectivity index (χ2v) is 5.04. The van der Waals surface area contributed by atoms with Crippen molar-refractivity contribution in [2.75, 3.05) is 13.7 Å². The maximum absolute atomic E-state index is 12.0. The first-order valence-corrected chi connectivity index (χ1v) is 6.57. The summed E-state index contributed by atoms with van der Waals surface area (Å²) in [6.07, 6.45) is 4.86. The van der Waals surface area contributed by atoms with Gasteiger partial charge in [-0.25, -0.2) is 4.98 Å². The Kier molecular flexibility index (Phi) is 4.42. The van der Waals surface area contributed by atoms with Crippen LogP contribution in [-0.4, -0.2) is 29.9 Å². The second kappa shape index (κ2) is 6.05. The molecule has 1 saturated carbocycles. The summed E-state index contributed by atoms with van der Waals surface area (Å²) < 4.78 is 5.06. The van der Waals surface area contributed by atoms with Crippen LogP contribution in [0, 0.1) is 5.92 Å². The van der Waals surface area contributed by atoms with Gasteiger partial charge < -0.3 is 10.1 Å². The van der Waals surface area contributed by atoms with Crippen molar-refractivity contribution in [3.05, 3.63) is 23.9 Å². The van der Waals surface area contributed by atoms with E-state index in [1.54, 1.807) is 18.3 Å². The number of nitrogens with one attached hydrogen (secondary N) is 1. The van der Waals surface area contributed by atoms with Crippen LogP contribution in [0.4, 0.5) is 0 Å². The van der Waals surface area contributed by atoms with E-state index >= 15 is 0 Å². The first-order chi connectivity index (χ1) is 8.72. The number of methoxy groups -OCH3 is 1. The number of ether oxygens (including phenoxy) is 1. The Morgan fingerprint density at radius 3 is 3.11 bits per heavy atom. The normalized spacial score (nSPS) is 22.8. The quantitative estimate of drug-likeness (QED) is 0.852. The Labute approximate surface area is 112 Å². The van der Waals surface area contributed by atoms with Crippen molar-refractivity contribution in [1.29, 1.82) is 0 Å². The molecule has 2 unspecified atom stereocenters. The van der Waals surface area contributed by atoms with E-state index in [1.165, 1.54) is 7.11 Å². The van der Waals surface area contributed by atoms with Gasteiger partial charge in [0.15, 0.2) is 0 Å². The molecule has 0 radical (unpaired) electrons. The molecule has 0 aromatic carbocycles. The average molecular weight is 269 g/mol. The number of halogens is 1. The zero-order valence-electron chi connectivity index (χ0n) is 10.4. The lowest BCUT2D eigenvalue weighted by Gasteiger charge is -2.15. The molecule has 1 heterocycles. The van der Waals surface area contributed by atoms with Crippen LogP contribution in [0.25, 0.3) is 0 Å². The molecule has 1 aliphatic carbocycles. The Balaban J connectivity index is 1.95. The fraction of sp³-hybridized carbons (Fsp3) is 0.538. The van der Waals surface area contributed by atoms with Gasteiger partial charge in [0.1, 0.15) is 5.56 Å². The lowest BCUT2D eigenvalue weighted by Crippen LogP contribution is -2.31. The summed E-state index contributed by atoms with van der Waals surface area (Å²) in [5.74, 6) is 0.567. The van der Waals surface area contributed by atoms with Crippen LogP contribution in [0.2, 0.25) is 0 Å². The molecule has 1 aliphatic rings. The fourth-order valence-corrected chi connectivity index (χ4v) is 2.64. The highest BCUT2D eigenvalue weighted by Gasteiger charge is 2.26. The number of amides is 1. The minimum Gasteiger partial charge on any atom is -0.480 e. The Morgan fingerprint density at radius 1 is 1.61 bits per heavy atom. The molecule has 0 aliphatic heterocycles. The Bertz CT molecular complexity index is 425. The second-order valence-electron chi connectivity index (χ2n) is 4.48. The molecule has 1 aromatic rings. The monoisotopic (exact) mass is 268 g/mol. The van der Waals surface area contributed by atoms with Gasteiger partial charge in [0, 0.05) is 18.1 Å². The van der Waals surface area contributed by atoms with Crippen LogP contribution < -0.4 is 10.1 Å². The number of pyridine rings is 1. The van der Waals surface area contributed by atoms with Crippen LogP contribution in [-0.2, 0) is 0 Å². The van der Waals surface area contributed by atoms with E-state index < -0.39 is 0 Å². The van der Waals surface area contributed by atoms with Gasteiger partial charge in [-0.3, -0.25) is 4.79 Å². The first kappa shape index (κ1) is 13.1. The number of carbonyl (C=O) groups excluding carboxylic acids is 1. The number of hydrogen-bond donors (Lipinski definition) is 1. The van der Waals surface area contributed by atoms with Crippen molar-refractivity contribution in [3.8, 4) is 5.88 Å². The number of nitrogens with zero attached hydrogens (tertiary/aromatic N) is 1. The SMILES string of the molecule is COc1ncccc1C(=O)NCC1CCCC1Cl. The predicted molar refractivity (Wildman–Crippen MR) is 70.1 cm³/mol. The zero-order valence-corrected chi connectivity index (χ0v) is 11.1. The van der Waals surface area contributed by atoms with Crippen molar-refractivity contribution < 1.29 is 9.53 Å². The molecule has 2 atom stereocenters. The van der Waals surface area contributed by atoms with E-state index in [-0.39, 0.29) is 11.3 Å². The number of aromatic nitrogens is 1. The minimum absolute atomic E-state index is 0.157. The van der Waals surface area contributed by atoms with Gasteiger partial charge in [0.05, 0.1) is 7.11 Å². The van der Waals surface area contributed by atoms with Crippen LogP contribution in [0.5, 0.6) is 5.88 Å². The van der Waals surface area contributed by atoms with Crippen LogP contribution in [0.15, 0.2) is 18.3 Å². The van der Waals surface area contributed by atoms with E-state index in [4.69, 9.17) is 16.3 Å². The molecule has 5 heteroatoms. The maximum Gasteiger partial charge on any atom is 0.256 e. The molecule has 1 amide bonds. The lowest BCUT2D eigenvalue weighted by molar-refractivity contribution is 0.0944. The van der Waals surface area contributed by atoms with Gasteiger partial charge >= 0.3 is 0 Å². The molecular weight excluding hydrogens is 252 g/mol. The molecule has 1 aromatic heterocycles. The van der Waals surface area contributed by atoms with Gasteiger partial charge in [-0.1, -0.05) is 6.42 Å². The summed E-state index contributed by atoms with van der Waals surface area (Å²) >= 11 is 6.18. The highest BCUT2D eigenvalue weighted by molar-refractivity contribution is 6.21. The largest absolute Gasteiger partial charge is 0.480 e. The molecule has 0 bridgehead atoms. The fourth-order valence-electron chi connectivity index (χ4n) is 2.27. The molecule has 98 valence electrons. The summed E-state index contributed by atoms with van der Waals surface area (Å²) in [4.78, 5) is 16.0. The molecule has 18 heavy (non-hydrogen) atoms. The molecule has 0 spiro atoms. The van der Waals surface area contributed by atoms with Gasteiger partial charge in [0.25, 0.3) is 5.91 Å². The third-order valence-electron chi connectivity index (χ3n) is 3.30. The molecule has 0 saturated heterocycles. The van der Waals surface area contributed by atoms with Crippen molar-refractivity contribution in [2.24, 2.45) is 5.92 Å². The summed E-state index contributed by atoms with van der Waals surface area (Å²) in [5.41, 5.74) is 0.462. The third kappa shape index (κ3) is 2.93. The highest BCUT2D eigenvalue weighted by atomic mass is 35.5. The average Bonchev–Trinajstić information content (AvgIpc) is 2.81. The van der Waals surface area contributed by atoms with E-state index in [1.807, 2.05) is 0 Å². The summed E-state index contributed by atoms with van der Waals surface area (Å²) in [7, 11) is 1.50. The maximum atomic E-state index is 12.0. The highest BCUT2D eigenvalue weighted by Crippen LogP contribution is 2.29. The van der Waals surface area contributed by atoms with Gasteiger partial charge in [-0.15, -0.1) is 11.6 Å². The smallest absolute Gasteiger partial charge is 0.256 e. The number of carbonyl (C=O) groups is 1. The summed E-state index contributed by atoms with van der Waals surface area (Å²) in [6, 6.07) is 3.42. The standard InChI is InChI=1S/C13H17ClN2O2/c1-18-13-10(5-3-7-15-13)12(17)16-8-9-4-2-6-11(9)14/h3,5,7,9,11H,2,4,6,8H2,1H3,(H,16,17). The minimum atomic E-state index is -0.157. The molecule has 1 N–H and O–H groups in total. The number of alkyl halides is 1. The van der Waals surface area contributed by atoms with Crippen molar-refractivity contribution >= 4 is 17.5 Å². The molecule has 1 fully saturated rings. The topological polar surface area (TPSA) is 51.2 Å². The Hall–Kier alpha value is -1.29. The van der Waals surface area contributed by atoms with Crippen molar-refractivity contribution in [3.63, 3.8) is 0 Å². The molecule has 4 nitrogen and oxygen atoms in total. The van der Waals surface area contributed by atoms with Gasteiger partial charge in [0.2, 0.25) is 5.88 Å². The Morgan fingerprint density at radius 2 is 2.44 bits per heavy atom. The number of hydrogen-bond acceptors (Lipinski definition) is 3. The zero-order chi connectivity index (χ0) is 13.0. The first-order valence-electron chi connectivity index (χ1n) is 6.13. The van der Waals surface area contributed by atoms with Gasteiger partial charge in [-0.05, 0) is 30.9 Å². The van der Waals surface area contributed by atoms with Gasteiger partial charge in [-0.2, -0.15) is 0 Å². The molecule has 2 rings (SSSR count). The molecular formula is C13H17ClN2O2. The van der Waals surface area contributed by atoms with Crippen LogP contribution in [0.1, 0.15) is 29.6 Å². The van der Waals surface area contributed by atoms with Crippen molar-refractivity contribution in [2.45, 2.75) is 24.6 Å². The third-order valence-corrected chi connectivity index (χ3v) is 3.87. The van der Waals surface area contributed by atoms with E-state index in [0.29, 0.717) is 23.9 Å². The summed E-state index contributed by atoms with van der Waals surface area (Å²) in [5, 5.41) is 3.08. The lowest BCUT2D eigenvalue weighted by atomic mass is 10.1. The van der Waals surface area contributed by atoms with Crippen LogP contribution >= 0.6 is 11.6 Å². The van der Waals surface area contributed by atoms with E-state index in [0.717, 1.165) is 19.3 Å². The van der Waals surface area contributed by atoms with Crippen molar-refractivity contribution in [1.82, 2.24) is 10.3 Å². The van der Waals surface area contributed by atoms with E-state index in [2.05, 4.69) is 10.3 Å². The summed E-state index contributed by atoms with van der Waals surface area (Å²) in [6.45, 7) is 0.616. The van der Waals surface area contributed by atoms with E-state index in [9.17, 15) is 4.79 Å². The van der Waals surface area contributed by atoms with Crippen LogP contribution in [0.3, 0.4) is 0 Å². The predicted octanol–water partition coefficient (Wildman–Crippen LogP) is 2.23. The number of rotatable bonds is 4.